The molecule has 1 aromatic rings. The van der Waals surface area contributed by atoms with Crippen molar-refractivity contribution in [3.63, 3.8) is 0 Å². The normalized spacial score (nSPS) is 12.5. The van der Waals surface area contributed by atoms with Crippen LogP contribution in [0.1, 0.15) is 6.92 Å². The Morgan fingerprint density at radius 2 is 2.29 bits per heavy atom. The number of rotatable bonds is 4. The zero-order valence-corrected chi connectivity index (χ0v) is 8.03. The lowest BCUT2D eigenvalue weighted by Gasteiger charge is -2.11. The lowest BCUT2D eigenvalue weighted by Crippen LogP contribution is -2.12. The van der Waals surface area contributed by atoms with Crippen LogP contribution in [-0.4, -0.2) is 18.3 Å². The molecule has 1 atom stereocenters. The van der Waals surface area contributed by atoms with Gasteiger partial charge < -0.3 is 15.6 Å². The highest BCUT2D eigenvalue weighted by atomic mass is 19.1. The van der Waals surface area contributed by atoms with Crippen molar-refractivity contribution in [1.29, 1.82) is 0 Å². The van der Waals surface area contributed by atoms with Gasteiger partial charge in [0.05, 0.1) is 12.3 Å². The molecule has 0 saturated carbocycles. The molecule has 1 aromatic carbocycles. The summed E-state index contributed by atoms with van der Waals surface area (Å²) < 4.78 is 18.0. The van der Waals surface area contributed by atoms with Crippen molar-refractivity contribution >= 4 is 5.69 Å². The maximum atomic E-state index is 12.8. The summed E-state index contributed by atoms with van der Waals surface area (Å²) in [4.78, 5) is 0. The molecule has 14 heavy (non-hydrogen) atoms. The van der Waals surface area contributed by atoms with Crippen molar-refractivity contribution in [2.24, 2.45) is 5.92 Å². The highest BCUT2D eigenvalue weighted by molar-refractivity contribution is 5.52. The topological polar surface area (TPSA) is 55.5 Å². The number of hydrogen-bond donors (Lipinski definition) is 2. The zero-order valence-electron chi connectivity index (χ0n) is 8.03. The fraction of sp³-hybridized carbons (Fsp3) is 0.400. The van der Waals surface area contributed by atoms with E-state index in [4.69, 9.17) is 15.6 Å². The molecule has 0 aliphatic heterocycles. The summed E-state index contributed by atoms with van der Waals surface area (Å²) in [6, 6.07) is 3.96. The summed E-state index contributed by atoms with van der Waals surface area (Å²) >= 11 is 0. The van der Waals surface area contributed by atoms with Crippen molar-refractivity contribution in [3.8, 4) is 5.75 Å². The first-order valence-corrected chi connectivity index (χ1v) is 4.42. The minimum absolute atomic E-state index is 0.0117. The largest absolute Gasteiger partial charge is 0.491 e. The van der Waals surface area contributed by atoms with Gasteiger partial charge in [-0.2, -0.15) is 0 Å². The summed E-state index contributed by atoms with van der Waals surface area (Å²) in [6.07, 6.45) is 0. The first-order chi connectivity index (χ1) is 6.63. The van der Waals surface area contributed by atoms with Crippen LogP contribution in [0.3, 0.4) is 0 Å². The van der Waals surface area contributed by atoms with E-state index < -0.39 is 0 Å². The van der Waals surface area contributed by atoms with Gasteiger partial charge in [0.15, 0.2) is 0 Å². The second-order valence-corrected chi connectivity index (χ2v) is 3.28. The third-order valence-corrected chi connectivity index (χ3v) is 1.81. The fourth-order valence-electron chi connectivity index (χ4n) is 0.918. The van der Waals surface area contributed by atoms with E-state index >= 15 is 0 Å². The quantitative estimate of drug-likeness (QED) is 0.721. The van der Waals surface area contributed by atoms with Crippen LogP contribution in [0.25, 0.3) is 0 Å². The van der Waals surface area contributed by atoms with Gasteiger partial charge in [-0.3, -0.25) is 0 Å². The fourth-order valence-corrected chi connectivity index (χ4v) is 0.918. The minimum atomic E-state index is -0.383. The van der Waals surface area contributed by atoms with Crippen molar-refractivity contribution < 1.29 is 14.2 Å². The first kappa shape index (κ1) is 10.8. The number of anilines is 1. The van der Waals surface area contributed by atoms with E-state index in [1.165, 1.54) is 18.2 Å². The highest BCUT2D eigenvalue weighted by Crippen LogP contribution is 2.22. The zero-order chi connectivity index (χ0) is 10.6. The Kier molecular flexibility index (Phi) is 3.71. The molecule has 0 bridgehead atoms. The van der Waals surface area contributed by atoms with E-state index in [1.807, 2.05) is 6.92 Å². The van der Waals surface area contributed by atoms with Crippen LogP contribution < -0.4 is 10.5 Å². The highest BCUT2D eigenvalue weighted by Gasteiger charge is 2.05. The molecule has 0 spiro atoms. The third kappa shape index (κ3) is 2.88. The van der Waals surface area contributed by atoms with E-state index in [1.54, 1.807) is 0 Å². The summed E-state index contributed by atoms with van der Waals surface area (Å²) in [5, 5.41) is 8.75. The van der Waals surface area contributed by atoms with E-state index in [-0.39, 0.29) is 18.3 Å². The molecule has 0 heterocycles. The van der Waals surface area contributed by atoms with Gasteiger partial charge in [-0.05, 0) is 12.1 Å². The van der Waals surface area contributed by atoms with E-state index in [0.29, 0.717) is 18.0 Å². The van der Waals surface area contributed by atoms with Crippen LogP contribution >= 0.6 is 0 Å². The van der Waals surface area contributed by atoms with Gasteiger partial charge in [0.1, 0.15) is 11.6 Å². The van der Waals surface area contributed by atoms with Gasteiger partial charge in [0, 0.05) is 18.6 Å². The molecule has 78 valence electrons. The lowest BCUT2D eigenvalue weighted by atomic mass is 10.2. The van der Waals surface area contributed by atoms with Crippen LogP contribution in [0.5, 0.6) is 5.75 Å². The van der Waals surface area contributed by atoms with Crippen LogP contribution in [0.15, 0.2) is 18.2 Å². The van der Waals surface area contributed by atoms with Crippen LogP contribution in [0.4, 0.5) is 10.1 Å². The Morgan fingerprint density at radius 1 is 1.57 bits per heavy atom. The Morgan fingerprint density at radius 3 is 2.93 bits per heavy atom. The number of hydrogen-bond acceptors (Lipinski definition) is 3. The SMILES string of the molecule is CC(CO)COc1cc(F)ccc1N. The van der Waals surface area contributed by atoms with Crippen LogP contribution in [-0.2, 0) is 0 Å². The van der Waals surface area contributed by atoms with Crippen LogP contribution in [0, 0.1) is 11.7 Å². The predicted octanol–water partition coefficient (Wildman–Crippen LogP) is 1.42. The van der Waals surface area contributed by atoms with Gasteiger partial charge in [0.2, 0.25) is 0 Å². The second-order valence-electron chi connectivity index (χ2n) is 3.28. The lowest BCUT2D eigenvalue weighted by molar-refractivity contribution is 0.174. The minimum Gasteiger partial charge on any atom is -0.491 e. The number of halogens is 1. The average molecular weight is 199 g/mol. The number of nitrogen functional groups attached to an aromatic ring is 1. The number of aliphatic hydroxyl groups is 1. The van der Waals surface area contributed by atoms with Crippen molar-refractivity contribution in [1.82, 2.24) is 0 Å². The van der Waals surface area contributed by atoms with Crippen LogP contribution in [0.2, 0.25) is 0 Å². The van der Waals surface area contributed by atoms with E-state index in [9.17, 15) is 4.39 Å². The number of benzene rings is 1. The van der Waals surface area contributed by atoms with Gasteiger partial charge in [-0.25, -0.2) is 4.39 Å². The summed E-state index contributed by atoms with van der Waals surface area (Å²) in [5.74, 6) is -0.0474. The molecule has 0 radical (unpaired) electrons. The molecular weight excluding hydrogens is 185 g/mol. The van der Waals surface area contributed by atoms with E-state index in [0.717, 1.165) is 0 Å². The Balaban J connectivity index is 2.62. The summed E-state index contributed by atoms with van der Waals surface area (Å²) in [5.41, 5.74) is 5.96. The third-order valence-electron chi connectivity index (χ3n) is 1.81. The van der Waals surface area contributed by atoms with Gasteiger partial charge in [0.25, 0.3) is 0 Å². The average Bonchev–Trinajstić information content (AvgIpc) is 2.19. The molecule has 1 rings (SSSR count). The van der Waals surface area contributed by atoms with Gasteiger partial charge in [-0.1, -0.05) is 6.92 Å². The van der Waals surface area contributed by atoms with Gasteiger partial charge >= 0.3 is 0 Å². The Labute approximate surface area is 82.3 Å². The monoisotopic (exact) mass is 199 g/mol. The molecule has 0 saturated heterocycles. The van der Waals surface area contributed by atoms with Gasteiger partial charge in [-0.15, -0.1) is 0 Å². The van der Waals surface area contributed by atoms with Crippen molar-refractivity contribution in [2.45, 2.75) is 6.92 Å². The Hall–Kier alpha value is -1.29. The summed E-state index contributed by atoms with van der Waals surface area (Å²) in [6.45, 7) is 2.19. The maximum Gasteiger partial charge on any atom is 0.145 e. The Bertz CT molecular complexity index is 304. The number of aliphatic hydroxyl groups excluding tert-OH is 1. The smallest absolute Gasteiger partial charge is 0.145 e. The van der Waals surface area contributed by atoms with Crippen molar-refractivity contribution in [3.05, 3.63) is 24.0 Å². The standard InChI is InChI=1S/C10H14FNO2/c1-7(5-13)6-14-10-4-8(11)2-3-9(10)12/h2-4,7,13H,5-6,12H2,1H3. The molecule has 0 aliphatic rings. The molecular formula is C10H14FNO2. The number of ether oxygens (including phenoxy) is 1. The predicted molar refractivity (Wildman–Crippen MR) is 52.6 cm³/mol. The molecule has 0 aliphatic carbocycles. The summed E-state index contributed by atoms with van der Waals surface area (Å²) in [7, 11) is 0. The molecule has 0 fully saturated rings. The maximum absolute atomic E-state index is 12.8. The second kappa shape index (κ2) is 4.81. The first-order valence-electron chi connectivity index (χ1n) is 4.42. The molecule has 1 unspecified atom stereocenters. The molecule has 4 heteroatoms. The molecule has 0 aromatic heterocycles. The molecule has 3 nitrogen and oxygen atoms in total. The van der Waals surface area contributed by atoms with E-state index in [2.05, 4.69) is 0 Å². The molecule has 3 N–H and O–H groups in total. The molecule has 0 amide bonds. The number of nitrogens with two attached hydrogens (primary N) is 1. The van der Waals surface area contributed by atoms with Crippen molar-refractivity contribution in [2.75, 3.05) is 18.9 Å².